The van der Waals surface area contributed by atoms with E-state index in [-0.39, 0.29) is 19.2 Å². The number of hydrogen-bond acceptors (Lipinski definition) is 5. The first-order valence-corrected chi connectivity index (χ1v) is 8.20. The summed E-state index contributed by atoms with van der Waals surface area (Å²) in [5, 5.41) is 10.3. The molecule has 0 fully saturated rings. The molecule has 2 unspecified atom stereocenters. The van der Waals surface area contributed by atoms with E-state index in [0.717, 1.165) is 0 Å². The fourth-order valence-corrected chi connectivity index (χ4v) is 2.10. The fourth-order valence-electron chi connectivity index (χ4n) is 2.10. The van der Waals surface area contributed by atoms with Crippen LogP contribution < -0.4 is 0 Å². The average molecular weight is 354 g/mol. The minimum atomic E-state index is -1.43. The topological polar surface area (TPSA) is 57.2 Å². The zero-order valence-corrected chi connectivity index (χ0v) is 14.8. The molecule has 0 aliphatic carbocycles. The normalized spacial score (nSPS) is 14.6. The van der Waals surface area contributed by atoms with Gasteiger partial charge in [0.2, 0.25) is 0 Å². The monoisotopic (exact) mass is 354 g/mol. The molecule has 0 aliphatic rings. The zero-order chi connectivity index (χ0) is 18.5. The number of ether oxygens (including phenoxy) is 4. The quantitative estimate of drug-likeness (QED) is 0.254. The first-order valence-electron chi connectivity index (χ1n) is 8.20. The highest BCUT2D eigenvalue weighted by atomic mass is 19.1. The molecular formula is C19H27FO5. The van der Waals surface area contributed by atoms with Crippen LogP contribution in [0.1, 0.15) is 25.0 Å². The molecule has 1 aromatic rings. The fraction of sp³-hybridized carbons (Fsp3) is 0.474. The molecule has 2 atom stereocenters. The molecule has 1 rings (SSSR count). The molecule has 0 heterocycles. The lowest BCUT2D eigenvalue weighted by molar-refractivity contribution is -0.0667. The summed E-state index contributed by atoms with van der Waals surface area (Å²) in [6.07, 6.45) is -0.0456. The molecule has 1 N–H and O–H groups in total. The molecule has 0 aliphatic heterocycles. The first-order chi connectivity index (χ1) is 12.2. The Labute approximate surface area is 148 Å². The van der Waals surface area contributed by atoms with Crippen molar-refractivity contribution in [2.45, 2.75) is 25.6 Å². The smallest absolute Gasteiger partial charge is 0.188 e. The van der Waals surface area contributed by atoms with Gasteiger partial charge < -0.3 is 24.1 Å². The van der Waals surface area contributed by atoms with Crippen molar-refractivity contribution < 1.29 is 28.4 Å². The Morgan fingerprint density at radius 1 is 1.28 bits per heavy atom. The third-order valence-corrected chi connectivity index (χ3v) is 3.40. The van der Waals surface area contributed by atoms with E-state index in [4.69, 9.17) is 18.9 Å². The third kappa shape index (κ3) is 7.36. The van der Waals surface area contributed by atoms with Gasteiger partial charge in [-0.1, -0.05) is 43.3 Å². The Hall–Kier alpha value is -1.73. The van der Waals surface area contributed by atoms with E-state index in [1.54, 1.807) is 43.5 Å². The minimum Gasteiger partial charge on any atom is -0.466 e. The van der Waals surface area contributed by atoms with Gasteiger partial charge in [0.25, 0.3) is 0 Å². The SMILES string of the molecule is C=CCOC(CC)/C(OCOCCOC)=C(/F)C(O)c1ccccc1. The maximum atomic E-state index is 14.9. The van der Waals surface area contributed by atoms with Gasteiger partial charge in [-0.05, 0) is 12.0 Å². The molecule has 0 spiro atoms. The number of rotatable bonds is 13. The maximum absolute atomic E-state index is 14.9. The summed E-state index contributed by atoms with van der Waals surface area (Å²) in [6, 6.07) is 8.53. The molecule has 0 amide bonds. The summed E-state index contributed by atoms with van der Waals surface area (Å²) in [5.74, 6) is -0.865. The van der Waals surface area contributed by atoms with Crippen LogP contribution in [0.5, 0.6) is 0 Å². The van der Waals surface area contributed by atoms with Crippen LogP contribution in [0.25, 0.3) is 0 Å². The van der Waals surface area contributed by atoms with E-state index < -0.39 is 18.0 Å². The van der Waals surface area contributed by atoms with Gasteiger partial charge in [-0.2, -0.15) is 0 Å². The second kappa shape index (κ2) is 12.6. The lowest BCUT2D eigenvalue weighted by Crippen LogP contribution is -2.21. The predicted molar refractivity (Wildman–Crippen MR) is 93.5 cm³/mol. The lowest BCUT2D eigenvalue weighted by atomic mass is 10.1. The van der Waals surface area contributed by atoms with E-state index in [0.29, 0.717) is 25.2 Å². The highest BCUT2D eigenvalue weighted by Gasteiger charge is 2.25. The van der Waals surface area contributed by atoms with Gasteiger partial charge in [0.1, 0.15) is 12.2 Å². The molecule has 1 aromatic carbocycles. The van der Waals surface area contributed by atoms with Gasteiger partial charge in [-0.3, -0.25) is 0 Å². The van der Waals surface area contributed by atoms with E-state index in [1.807, 2.05) is 6.92 Å². The van der Waals surface area contributed by atoms with Crippen LogP contribution in [0.4, 0.5) is 4.39 Å². The third-order valence-electron chi connectivity index (χ3n) is 3.40. The van der Waals surface area contributed by atoms with Gasteiger partial charge in [0.15, 0.2) is 18.4 Å². The highest BCUT2D eigenvalue weighted by molar-refractivity contribution is 5.25. The molecule has 6 heteroatoms. The van der Waals surface area contributed by atoms with Gasteiger partial charge in [-0.15, -0.1) is 6.58 Å². The molecule has 25 heavy (non-hydrogen) atoms. The Balaban J connectivity index is 2.94. The summed E-state index contributed by atoms with van der Waals surface area (Å²) in [7, 11) is 1.56. The molecule has 140 valence electrons. The largest absolute Gasteiger partial charge is 0.466 e. The van der Waals surface area contributed by atoms with Crippen LogP contribution in [0.15, 0.2) is 54.6 Å². The van der Waals surface area contributed by atoms with Crippen LogP contribution in [-0.2, 0) is 18.9 Å². The van der Waals surface area contributed by atoms with Crippen LogP contribution >= 0.6 is 0 Å². The van der Waals surface area contributed by atoms with Gasteiger partial charge in [-0.25, -0.2) is 4.39 Å². The summed E-state index contributed by atoms with van der Waals surface area (Å²) in [5.41, 5.74) is 0.431. The summed E-state index contributed by atoms with van der Waals surface area (Å²) >= 11 is 0. The Morgan fingerprint density at radius 2 is 2.00 bits per heavy atom. The van der Waals surface area contributed by atoms with E-state index in [2.05, 4.69) is 6.58 Å². The van der Waals surface area contributed by atoms with E-state index >= 15 is 0 Å². The number of benzene rings is 1. The molecule has 0 saturated heterocycles. The Morgan fingerprint density at radius 3 is 2.60 bits per heavy atom. The van der Waals surface area contributed by atoms with Crippen LogP contribution in [0, 0.1) is 0 Å². The molecular weight excluding hydrogens is 327 g/mol. The van der Waals surface area contributed by atoms with Crippen molar-refractivity contribution in [3.63, 3.8) is 0 Å². The lowest BCUT2D eigenvalue weighted by Gasteiger charge is -2.22. The van der Waals surface area contributed by atoms with Gasteiger partial charge in [0, 0.05) is 7.11 Å². The van der Waals surface area contributed by atoms with E-state index in [9.17, 15) is 9.50 Å². The van der Waals surface area contributed by atoms with Crippen molar-refractivity contribution >= 4 is 0 Å². The van der Waals surface area contributed by atoms with Gasteiger partial charge in [0.05, 0.1) is 19.8 Å². The minimum absolute atomic E-state index is 0.0712. The van der Waals surface area contributed by atoms with Crippen molar-refractivity contribution in [2.75, 3.05) is 33.7 Å². The van der Waals surface area contributed by atoms with Gasteiger partial charge >= 0.3 is 0 Å². The number of hydrogen-bond donors (Lipinski definition) is 1. The number of aliphatic hydroxyl groups is 1. The number of methoxy groups -OCH3 is 1. The Kier molecular flexibility index (Phi) is 10.7. The standard InChI is InChI=1S/C19H27FO5/c1-4-11-24-16(5-2)19(25-14-23-13-12-22-3)17(20)18(21)15-9-7-6-8-10-15/h4,6-10,16,18,21H,1,5,11-14H2,2-3H3/b19-17-. The van der Waals surface area contributed by atoms with Crippen molar-refractivity contribution in [1.29, 1.82) is 0 Å². The molecule has 0 saturated carbocycles. The number of halogens is 1. The molecule has 5 nitrogen and oxygen atoms in total. The second-order valence-corrected chi connectivity index (χ2v) is 5.21. The van der Waals surface area contributed by atoms with Crippen molar-refractivity contribution in [2.24, 2.45) is 0 Å². The van der Waals surface area contributed by atoms with Crippen LogP contribution in [-0.4, -0.2) is 44.9 Å². The molecule has 0 bridgehead atoms. The summed E-state index contributed by atoms with van der Waals surface area (Å²) < 4.78 is 36.0. The zero-order valence-electron chi connectivity index (χ0n) is 14.8. The molecule has 0 radical (unpaired) electrons. The van der Waals surface area contributed by atoms with Crippen LogP contribution in [0.3, 0.4) is 0 Å². The highest BCUT2D eigenvalue weighted by Crippen LogP contribution is 2.29. The van der Waals surface area contributed by atoms with Crippen molar-refractivity contribution in [1.82, 2.24) is 0 Å². The van der Waals surface area contributed by atoms with Crippen molar-refractivity contribution in [3.8, 4) is 0 Å². The second-order valence-electron chi connectivity index (χ2n) is 5.21. The summed E-state index contributed by atoms with van der Waals surface area (Å²) in [6.45, 7) is 6.22. The Bertz CT molecular complexity index is 518. The van der Waals surface area contributed by atoms with E-state index in [1.165, 1.54) is 0 Å². The average Bonchev–Trinajstić information content (AvgIpc) is 2.66. The van der Waals surface area contributed by atoms with Crippen molar-refractivity contribution in [3.05, 3.63) is 60.1 Å². The summed E-state index contributed by atoms with van der Waals surface area (Å²) in [4.78, 5) is 0. The predicted octanol–water partition coefficient (Wildman–Crippen LogP) is 3.52. The molecule has 0 aromatic heterocycles. The maximum Gasteiger partial charge on any atom is 0.188 e. The van der Waals surface area contributed by atoms with Crippen LogP contribution in [0.2, 0.25) is 0 Å². The number of aliphatic hydroxyl groups excluding tert-OH is 1. The first kappa shape index (κ1) is 21.3.